The number of carbonyl (C=O) groups excluding carboxylic acids is 1. The average Bonchev–Trinajstić information content (AvgIpc) is 3.37. The van der Waals surface area contributed by atoms with Gasteiger partial charge in [-0.2, -0.15) is 0 Å². The molecule has 7 heteroatoms. The van der Waals surface area contributed by atoms with Crippen LogP contribution in [0.15, 0.2) is 46.8 Å². The second-order valence-corrected chi connectivity index (χ2v) is 9.07. The Balaban J connectivity index is 1.34. The van der Waals surface area contributed by atoms with Crippen molar-refractivity contribution >= 4 is 28.2 Å². The number of piperidine rings is 1. The fourth-order valence-corrected chi connectivity index (χ4v) is 5.00. The number of piperazine rings is 1. The van der Waals surface area contributed by atoms with Crippen molar-refractivity contribution in [3.8, 4) is 0 Å². The van der Waals surface area contributed by atoms with Crippen molar-refractivity contribution < 1.29 is 4.79 Å². The van der Waals surface area contributed by atoms with Crippen LogP contribution in [0.5, 0.6) is 0 Å². The number of aliphatic imine (C=N–C) groups is 1. The zero-order valence-corrected chi connectivity index (χ0v) is 19.2. The van der Waals surface area contributed by atoms with E-state index in [4.69, 9.17) is 4.99 Å². The number of likely N-dealkylation sites (tertiary alicyclic amines) is 1. The molecule has 31 heavy (non-hydrogen) atoms. The van der Waals surface area contributed by atoms with Gasteiger partial charge in [0.05, 0.1) is 11.5 Å². The van der Waals surface area contributed by atoms with Crippen molar-refractivity contribution in [2.45, 2.75) is 32.7 Å². The fraction of sp³-hybridized carbons (Fsp3) is 0.500. The van der Waals surface area contributed by atoms with Crippen LogP contribution in [0.4, 0.5) is 5.00 Å². The third-order valence-corrected chi connectivity index (χ3v) is 6.92. The second-order valence-electron chi connectivity index (χ2n) is 8.15. The first-order chi connectivity index (χ1) is 15.2. The van der Waals surface area contributed by atoms with Crippen LogP contribution < -0.4 is 10.2 Å². The van der Waals surface area contributed by atoms with Gasteiger partial charge in [-0.1, -0.05) is 12.1 Å². The lowest BCUT2D eigenvalue weighted by molar-refractivity contribution is 0.0724. The first-order valence-corrected chi connectivity index (χ1v) is 12.3. The molecule has 6 nitrogen and oxygen atoms in total. The molecule has 0 bridgehead atoms. The number of hydrogen-bond acceptors (Lipinski definition) is 4. The standard InChI is InChI=1S/C24H33N5OS/c1-2-25-24(29-16-14-27(15-17-29)22-7-6-18-31-22)26-19-20-8-10-21(11-9-20)23(30)28-12-4-3-5-13-28/h6-11,18H,2-5,12-17,19H2,1H3,(H,25,26). The molecular weight excluding hydrogens is 406 g/mol. The summed E-state index contributed by atoms with van der Waals surface area (Å²) in [5.41, 5.74) is 1.91. The number of nitrogens with zero attached hydrogens (tertiary/aromatic N) is 4. The second kappa shape index (κ2) is 10.7. The minimum atomic E-state index is 0.159. The number of amides is 1. The third-order valence-electron chi connectivity index (χ3n) is 5.99. The molecule has 3 heterocycles. The summed E-state index contributed by atoms with van der Waals surface area (Å²) in [7, 11) is 0. The van der Waals surface area contributed by atoms with E-state index < -0.39 is 0 Å². The Kier molecular flexibility index (Phi) is 7.46. The molecule has 2 aliphatic rings. The number of rotatable bonds is 5. The molecule has 2 aliphatic heterocycles. The van der Waals surface area contributed by atoms with Crippen LogP contribution in [0, 0.1) is 0 Å². The Morgan fingerprint density at radius 3 is 2.35 bits per heavy atom. The summed E-state index contributed by atoms with van der Waals surface area (Å²) >= 11 is 1.80. The summed E-state index contributed by atoms with van der Waals surface area (Å²) < 4.78 is 0. The van der Waals surface area contributed by atoms with Crippen molar-refractivity contribution in [3.63, 3.8) is 0 Å². The molecule has 0 aliphatic carbocycles. The minimum Gasteiger partial charge on any atom is -0.360 e. The van der Waals surface area contributed by atoms with E-state index in [1.54, 1.807) is 11.3 Å². The first kappa shape index (κ1) is 21.7. The molecule has 1 amide bonds. The fourth-order valence-electron chi connectivity index (χ4n) is 4.21. The van der Waals surface area contributed by atoms with Crippen molar-refractivity contribution in [2.75, 3.05) is 50.7 Å². The minimum absolute atomic E-state index is 0.159. The van der Waals surface area contributed by atoms with Crippen molar-refractivity contribution in [1.82, 2.24) is 15.1 Å². The first-order valence-electron chi connectivity index (χ1n) is 11.4. The van der Waals surface area contributed by atoms with Gasteiger partial charge in [0.15, 0.2) is 5.96 Å². The molecule has 1 aromatic heterocycles. The molecule has 4 rings (SSSR count). The summed E-state index contributed by atoms with van der Waals surface area (Å²) in [5.74, 6) is 1.13. The molecule has 0 atom stereocenters. The van der Waals surface area contributed by atoms with Crippen molar-refractivity contribution in [2.24, 2.45) is 4.99 Å². The van der Waals surface area contributed by atoms with Crippen LogP contribution in [0.1, 0.15) is 42.1 Å². The van der Waals surface area contributed by atoms with Crippen LogP contribution in [0.2, 0.25) is 0 Å². The SMILES string of the molecule is CCNC(=NCc1ccc(C(=O)N2CCCCC2)cc1)N1CCN(c2cccs2)CC1. The molecule has 2 aromatic rings. The molecule has 0 unspecified atom stereocenters. The van der Waals surface area contributed by atoms with E-state index in [0.29, 0.717) is 6.54 Å². The summed E-state index contributed by atoms with van der Waals surface area (Å²) in [5, 5.41) is 6.93. The highest BCUT2D eigenvalue weighted by Crippen LogP contribution is 2.22. The van der Waals surface area contributed by atoms with E-state index in [1.165, 1.54) is 11.4 Å². The Hall–Kier alpha value is -2.54. The Bertz CT molecular complexity index is 851. The van der Waals surface area contributed by atoms with Crippen LogP contribution >= 0.6 is 11.3 Å². The zero-order valence-electron chi connectivity index (χ0n) is 18.4. The van der Waals surface area contributed by atoms with Gasteiger partial charge in [-0.3, -0.25) is 4.79 Å². The van der Waals surface area contributed by atoms with Gasteiger partial charge in [-0.05, 0) is 61.4 Å². The van der Waals surface area contributed by atoms with Gasteiger partial charge in [0, 0.05) is 51.4 Å². The topological polar surface area (TPSA) is 51.2 Å². The predicted octanol–water partition coefficient (Wildman–Crippen LogP) is 3.66. The molecule has 0 spiro atoms. The molecule has 2 fully saturated rings. The lowest BCUT2D eigenvalue weighted by Gasteiger charge is -2.37. The maximum absolute atomic E-state index is 12.7. The number of hydrogen-bond donors (Lipinski definition) is 1. The van der Waals surface area contributed by atoms with Gasteiger partial charge in [0.2, 0.25) is 0 Å². The monoisotopic (exact) mass is 439 g/mol. The third kappa shape index (κ3) is 5.58. The van der Waals surface area contributed by atoms with Gasteiger partial charge in [-0.15, -0.1) is 11.3 Å². The predicted molar refractivity (Wildman–Crippen MR) is 129 cm³/mol. The molecule has 1 N–H and O–H groups in total. The van der Waals surface area contributed by atoms with Gasteiger partial charge in [0.1, 0.15) is 0 Å². The molecule has 1 aromatic carbocycles. The number of carbonyl (C=O) groups is 1. The van der Waals surface area contributed by atoms with Gasteiger partial charge < -0.3 is 20.0 Å². The average molecular weight is 440 g/mol. The van der Waals surface area contributed by atoms with Crippen molar-refractivity contribution in [3.05, 3.63) is 52.9 Å². The smallest absolute Gasteiger partial charge is 0.253 e. The summed E-state index contributed by atoms with van der Waals surface area (Å²) in [6, 6.07) is 12.3. The zero-order chi connectivity index (χ0) is 21.5. The van der Waals surface area contributed by atoms with Crippen molar-refractivity contribution in [1.29, 1.82) is 0 Å². The van der Waals surface area contributed by atoms with Crippen LogP contribution in [-0.4, -0.2) is 67.5 Å². The van der Waals surface area contributed by atoms with Gasteiger partial charge in [0.25, 0.3) is 5.91 Å². The number of benzene rings is 1. The Labute approximate surface area is 189 Å². The summed E-state index contributed by atoms with van der Waals surface area (Å²) in [4.78, 5) is 24.3. The highest BCUT2D eigenvalue weighted by Gasteiger charge is 2.20. The van der Waals surface area contributed by atoms with Crippen LogP contribution in [0.25, 0.3) is 0 Å². The molecule has 2 saturated heterocycles. The molecule has 0 radical (unpaired) electrons. The van der Waals surface area contributed by atoms with E-state index in [1.807, 2.05) is 29.2 Å². The Morgan fingerprint density at radius 1 is 0.968 bits per heavy atom. The maximum Gasteiger partial charge on any atom is 0.253 e. The number of anilines is 1. The van der Waals surface area contributed by atoms with E-state index in [-0.39, 0.29) is 5.91 Å². The van der Waals surface area contributed by atoms with Gasteiger partial charge in [-0.25, -0.2) is 4.99 Å². The van der Waals surface area contributed by atoms with E-state index >= 15 is 0 Å². The number of nitrogens with one attached hydrogen (secondary N) is 1. The van der Waals surface area contributed by atoms with E-state index in [2.05, 4.69) is 39.6 Å². The molecule has 0 saturated carbocycles. The highest BCUT2D eigenvalue weighted by atomic mass is 32.1. The Morgan fingerprint density at radius 2 is 1.71 bits per heavy atom. The van der Waals surface area contributed by atoms with Crippen LogP contribution in [-0.2, 0) is 6.54 Å². The molecule has 166 valence electrons. The van der Waals surface area contributed by atoms with E-state index in [0.717, 1.165) is 75.7 Å². The lowest BCUT2D eigenvalue weighted by atomic mass is 10.1. The maximum atomic E-state index is 12.7. The number of thiophene rings is 1. The summed E-state index contributed by atoms with van der Waals surface area (Å²) in [6.07, 6.45) is 3.47. The largest absolute Gasteiger partial charge is 0.360 e. The number of guanidine groups is 1. The van der Waals surface area contributed by atoms with Gasteiger partial charge >= 0.3 is 0 Å². The van der Waals surface area contributed by atoms with Crippen LogP contribution in [0.3, 0.4) is 0 Å². The normalized spacial score (nSPS) is 17.7. The summed E-state index contributed by atoms with van der Waals surface area (Å²) in [6.45, 7) is 9.31. The molecular formula is C24H33N5OS. The highest BCUT2D eigenvalue weighted by molar-refractivity contribution is 7.14. The van der Waals surface area contributed by atoms with E-state index in [9.17, 15) is 4.79 Å². The quantitative estimate of drug-likeness (QED) is 0.571. The lowest BCUT2D eigenvalue weighted by Crippen LogP contribution is -2.52.